The van der Waals surface area contributed by atoms with Crippen LogP contribution in [0.3, 0.4) is 0 Å². The zero-order chi connectivity index (χ0) is 16.4. The number of anilines is 1. The Morgan fingerprint density at radius 2 is 1.78 bits per heavy atom. The number of benzene rings is 2. The van der Waals surface area contributed by atoms with E-state index in [-0.39, 0.29) is 12.7 Å². The van der Waals surface area contributed by atoms with Gasteiger partial charge in [-0.25, -0.2) is 0 Å². The molecule has 23 heavy (non-hydrogen) atoms. The Labute approximate surface area is 136 Å². The highest BCUT2D eigenvalue weighted by molar-refractivity contribution is 5.98. The van der Waals surface area contributed by atoms with Crippen molar-refractivity contribution in [1.82, 2.24) is 0 Å². The molecular weight excluding hydrogens is 290 g/mol. The highest BCUT2D eigenvalue weighted by Crippen LogP contribution is 2.36. The van der Waals surface area contributed by atoms with Crippen LogP contribution in [0.2, 0.25) is 0 Å². The highest BCUT2D eigenvalue weighted by atomic mass is 16.7. The second kappa shape index (κ2) is 5.95. The summed E-state index contributed by atoms with van der Waals surface area (Å²) in [6, 6.07) is 13.6. The van der Waals surface area contributed by atoms with E-state index in [1.807, 2.05) is 56.3 Å². The number of aryl methyl sites for hydroxylation is 1. The van der Waals surface area contributed by atoms with Crippen molar-refractivity contribution in [2.45, 2.75) is 32.6 Å². The number of ether oxygens (including phenoxy) is 2. The Hall–Kier alpha value is -2.49. The number of amides is 1. The first-order valence-corrected chi connectivity index (χ1v) is 7.81. The molecule has 4 heteroatoms. The van der Waals surface area contributed by atoms with Gasteiger partial charge in [-0.05, 0) is 55.7 Å². The van der Waals surface area contributed by atoms with Gasteiger partial charge in [-0.15, -0.1) is 0 Å². The second-order valence-corrected chi connectivity index (χ2v) is 6.20. The van der Waals surface area contributed by atoms with Gasteiger partial charge in [0.2, 0.25) is 12.7 Å². The molecule has 0 spiro atoms. The van der Waals surface area contributed by atoms with Gasteiger partial charge >= 0.3 is 0 Å². The first kappa shape index (κ1) is 15.4. The number of fused-ring (bicyclic) bond motifs is 1. The average Bonchev–Trinajstić information content (AvgIpc) is 3.03. The summed E-state index contributed by atoms with van der Waals surface area (Å²) >= 11 is 0. The van der Waals surface area contributed by atoms with E-state index in [2.05, 4.69) is 12.2 Å². The van der Waals surface area contributed by atoms with E-state index in [1.54, 1.807) is 0 Å². The molecule has 0 bridgehead atoms. The zero-order valence-electron chi connectivity index (χ0n) is 13.7. The van der Waals surface area contributed by atoms with Crippen molar-refractivity contribution in [3.05, 3.63) is 53.6 Å². The van der Waals surface area contributed by atoms with Crippen LogP contribution in [-0.2, 0) is 16.6 Å². The van der Waals surface area contributed by atoms with E-state index in [0.29, 0.717) is 5.75 Å². The van der Waals surface area contributed by atoms with Crippen molar-refractivity contribution in [1.29, 1.82) is 0 Å². The maximum absolute atomic E-state index is 12.7. The van der Waals surface area contributed by atoms with Crippen LogP contribution in [0.4, 0.5) is 5.69 Å². The zero-order valence-corrected chi connectivity index (χ0v) is 13.7. The van der Waals surface area contributed by atoms with Gasteiger partial charge in [0, 0.05) is 5.69 Å². The van der Waals surface area contributed by atoms with Crippen LogP contribution in [-0.4, -0.2) is 12.7 Å². The molecule has 1 heterocycles. The van der Waals surface area contributed by atoms with Crippen LogP contribution >= 0.6 is 0 Å². The lowest BCUT2D eigenvalue weighted by molar-refractivity contribution is -0.120. The summed E-state index contributed by atoms with van der Waals surface area (Å²) < 4.78 is 10.7. The number of carbonyl (C=O) groups excluding carboxylic acids is 1. The Morgan fingerprint density at radius 3 is 2.48 bits per heavy atom. The minimum Gasteiger partial charge on any atom is -0.454 e. The van der Waals surface area contributed by atoms with E-state index in [4.69, 9.17) is 9.47 Å². The number of hydrogen-bond acceptors (Lipinski definition) is 3. The van der Waals surface area contributed by atoms with Gasteiger partial charge < -0.3 is 14.8 Å². The SMILES string of the molecule is CCc1ccc(NC(=O)C(C)(C)c2ccc3c(c2)OCO3)cc1. The summed E-state index contributed by atoms with van der Waals surface area (Å²) in [5.74, 6) is 1.36. The van der Waals surface area contributed by atoms with Gasteiger partial charge in [0.15, 0.2) is 11.5 Å². The Balaban J connectivity index is 1.79. The predicted octanol–water partition coefficient (Wildman–Crippen LogP) is 3.89. The normalized spacial score (nSPS) is 13.0. The fourth-order valence-corrected chi connectivity index (χ4v) is 2.53. The number of carbonyl (C=O) groups is 1. The predicted molar refractivity (Wildman–Crippen MR) is 90.0 cm³/mol. The molecule has 1 aliphatic rings. The third-order valence-corrected chi connectivity index (χ3v) is 4.28. The molecule has 0 radical (unpaired) electrons. The Bertz CT molecular complexity index is 720. The summed E-state index contributed by atoms with van der Waals surface area (Å²) in [6.07, 6.45) is 0.983. The van der Waals surface area contributed by atoms with Gasteiger partial charge in [-0.2, -0.15) is 0 Å². The van der Waals surface area contributed by atoms with Gasteiger partial charge in [0.25, 0.3) is 0 Å². The van der Waals surface area contributed by atoms with Crippen molar-refractivity contribution < 1.29 is 14.3 Å². The number of hydrogen-bond donors (Lipinski definition) is 1. The maximum Gasteiger partial charge on any atom is 0.234 e. The smallest absolute Gasteiger partial charge is 0.234 e. The largest absolute Gasteiger partial charge is 0.454 e. The third-order valence-electron chi connectivity index (χ3n) is 4.28. The summed E-state index contributed by atoms with van der Waals surface area (Å²) in [6.45, 7) is 6.14. The van der Waals surface area contributed by atoms with E-state index in [0.717, 1.165) is 23.4 Å². The lowest BCUT2D eigenvalue weighted by Gasteiger charge is -2.24. The summed E-state index contributed by atoms with van der Waals surface area (Å²) in [5, 5.41) is 2.99. The molecule has 1 N–H and O–H groups in total. The first-order chi connectivity index (χ1) is 11.0. The average molecular weight is 311 g/mol. The minimum absolute atomic E-state index is 0.0550. The Morgan fingerprint density at radius 1 is 1.09 bits per heavy atom. The van der Waals surface area contributed by atoms with Crippen molar-refractivity contribution in [3.63, 3.8) is 0 Å². The topological polar surface area (TPSA) is 47.6 Å². The molecule has 0 atom stereocenters. The monoisotopic (exact) mass is 311 g/mol. The van der Waals surface area contributed by atoms with Crippen LogP contribution in [0.15, 0.2) is 42.5 Å². The van der Waals surface area contributed by atoms with Crippen LogP contribution in [0, 0.1) is 0 Å². The van der Waals surface area contributed by atoms with Crippen LogP contribution in [0.1, 0.15) is 31.9 Å². The lowest BCUT2D eigenvalue weighted by Crippen LogP contribution is -2.34. The van der Waals surface area contributed by atoms with Gasteiger partial charge in [0.1, 0.15) is 0 Å². The fourth-order valence-electron chi connectivity index (χ4n) is 2.53. The van der Waals surface area contributed by atoms with Crippen molar-refractivity contribution >= 4 is 11.6 Å². The molecule has 2 aromatic rings. The molecule has 0 aromatic heterocycles. The summed E-state index contributed by atoms with van der Waals surface area (Å²) in [5.41, 5.74) is 2.27. The molecule has 4 nitrogen and oxygen atoms in total. The fraction of sp³-hybridized carbons (Fsp3) is 0.316. The Kier molecular flexibility index (Phi) is 3.99. The van der Waals surface area contributed by atoms with E-state index < -0.39 is 5.41 Å². The van der Waals surface area contributed by atoms with Gasteiger partial charge in [-0.3, -0.25) is 4.79 Å². The van der Waals surface area contributed by atoms with Crippen molar-refractivity contribution in [2.24, 2.45) is 0 Å². The van der Waals surface area contributed by atoms with Crippen molar-refractivity contribution in [2.75, 3.05) is 12.1 Å². The molecule has 0 saturated carbocycles. The summed E-state index contributed by atoms with van der Waals surface area (Å²) in [7, 11) is 0. The standard InChI is InChI=1S/C19H21NO3/c1-4-13-5-8-15(9-6-13)20-18(21)19(2,3)14-7-10-16-17(11-14)23-12-22-16/h5-11H,4,12H2,1-3H3,(H,20,21). The van der Waals surface area contributed by atoms with Crippen LogP contribution < -0.4 is 14.8 Å². The number of nitrogens with one attached hydrogen (secondary N) is 1. The number of rotatable bonds is 4. The third kappa shape index (κ3) is 3.02. The molecule has 1 amide bonds. The highest BCUT2D eigenvalue weighted by Gasteiger charge is 2.31. The van der Waals surface area contributed by atoms with E-state index in [1.165, 1.54) is 5.56 Å². The van der Waals surface area contributed by atoms with E-state index in [9.17, 15) is 4.79 Å². The second-order valence-electron chi connectivity index (χ2n) is 6.20. The summed E-state index contributed by atoms with van der Waals surface area (Å²) in [4.78, 5) is 12.7. The molecular formula is C19H21NO3. The first-order valence-electron chi connectivity index (χ1n) is 7.81. The molecule has 1 aliphatic heterocycles. The molecule has 0 unspecified atom stereocenters. The molecule has 3 rings (SSSR count). The molecule has 0 saturated heterocycles. The molecule has 120 valence electrons. The quantitative estimate of drug-likeness (QED) is 0.931. The maximum atomic E-state index is 12.7. The van der Waals surface area contributed by atoms with Crippen molar-refractivity contribution in [3.8, 4) is 11.5 Å². The van der Waals surface area contributed by atoms with Gasteiger partial charge in [0.05, 0.1) is 5.41 Å². The van der Waals surface area contributed by atoms with E-state index >= 15 is 0 Å². The van der Waals surface area contributed by atoms with Crippen LogP contribution in [0.5, 0.6) is 11.5 Å². The molecule has 0 aliphatic carbocycles. The molecule has 2 aromatic carbocycles. The van der Waals surface area contributed by atoms with Gasteiger partial charge in [-0.1, -0.05) is 25.1 Å². The van der Waals surface area contributed by atoms with Crippen LogP contribution in [0.25, 0.3) is 0 Å². The lowest BCUT2D eigenvalue weighted by atomic mass is 9.83. The minimum atomic E-state index is -0.676. The molecule has 0 fully saturated rings.